The van der Waals surface area contributed by atoms with Crippen LogP contribution in [0.25, 0.3) is 0 Å². The highest BCUT2D eigenvalue weighted by Crippen LogP contribution is 2.37. The van der Waals surface area contributed by atoms with Crippen LogP contribution in [0, 0.1) is 18.7 Å². The smallest absolute Gasteiger partial charge is 0.210 e. The molecule has 1 N–H and O–H groups in total. The Labute approximate surface area is 183 Å². The van der Waals surface area contributed by atoms with Crippen LogP contribution in [0.2, 0.25) is 0 Å². The quantitative estimate of drug-likeness (QED) is 0.659. The van der Waals surface area contributed by atoms with E-state index in [0.29, 0.717) is 43.7 Å². The molecule has 0 aromatic heterocycles. The van der Waals surface area contributed by atoms with Crippen molar-refractivity contribution in [3.63, 3.8) is 0 Å². The van der Waals surface area contributed by atoms with Crippen LogP contribution in [0.4, 0.5) is 4.39 Å². The third-order valence-corrected chi connectivity index (χ3v) is 7.49. The summed E-state index contributed by atoms with van der Waals surface area (Å²) in [6.07, 6.45) is 1.82. The molecule has 6 nitrogen and oxygen atoms in total. The lowest BCUT2D eigenvalue weighted by atomic mass is 9.75. The van der Waals surface area contributed by atoms with Crippen molar-refractivity contribution in [1.29, 1.82) is 0 Å². The van der Waals surface area contributed by atoms with Gasteiger partial charge >= 0.3 is 0 Å². The predicted octanol–water partition coefficient (Wildman–Crippen LogP) is 3.02. The minimum absolute atomic E-state index is 0.0202. The molecule has 168 valence electrons. The topological polar surface area (TPSA) is 77.9 Å². The van der Waals surface area contributed by atoms with Crippen LogP contribution in [0.15, 0.2) is 42.5 Å². The number of halogens is 1. The molecule has 0 amide bonds. The van der Waals surface area contributed by atoms with Gasteiger partial charge in [-0.15, -0.1) is 0 Å². The molecule has 0 saturated carbocycles. The molecule has 2 aromatic carbocycles. The molecule has 3 rings (SSSR count). The number of carbonyl (C=O) groups excluding carboxylic acids is 1. The predicted molar refractivity (Wildman–Crippen MR) is 118 cm³/mol. The highest BCUT2D eigenvalue weighted by molar-refractivity contribution is 7.88. The van der Waals surface area contributed by atoms with Gasteiger partial charge in [0.1, 0.15) is 11.6 Å². The summed E-state index contributed by atoms with van der Waals surface area (Å²) in [6.45, 7) is 3.68. The highest BCUT2D eigenvalue weighted by atomic mass is 32.2. The maximum atomic E-state index is 14.2. The maximum absolute atomic E-state index is 14.2. The van der Waals surface area contributed by atoms with Crippen LogP contribution in [0.1, 0.15) is 33.8 Å². The van der Waals surface area contributed by atoms with E-state index in [0.717, 1.165) is 5.56 Å². The maximum Gasteiger partial charge on any atom is 0.210 e. The van der Waals surface area contributed by atoms with Gasteiger partial charge in [0.2, 0.25) is 10.0 Å². The van der Waals surface area contributed by atoms with Crippen molar-refractivity contribution in [3.8, 4) is 5.75 Å². The number of piperidine rings is 1. The Kier molecular flexibility index (Phi) is 7.13. The Morgan fingerprint density at radius 1 is 1.26 bits per heavy atom. The summed E-state index contributed by atoms with van der Waals surface area (Å²) < 4.78 is 38.9. The number of hydrogen-bond acceptors (Lipinski definition) is 5. The Balaban J connectivity index is 1.88. The number of benzene rings is 2. The second-order valence-corrected chi connectivity index (χ2v) is 10.3. The summed E-state index contributed by atoms with van der Waals surface area (Å²) in [5, 5.41) is 9.82. The van der Waals surface area contributed by atoms with Crippen molar-refractivity contribution in [3.05, 3.63) is 65.0 Å². The number of likely N-dealkylation sites (N-methyl/N-ethyl adjacent to an activating group) is 1. The van der Waals surface area contributed by atoms with Gasteiger partial charge in [-0.3, -0.25) is 4.79 Å². The van der Waals surface area contributed by atoms with Gasteiger partial charge in [-0.2, -0.15) is 0 Å². The number of hydrogen-bond donors (Lipinski definition) is 1. The van der Waals surface area contributed by atoms with Crippen LogP contribution >= 0.6 is 0 Å². The summed E-state index contributed by atoms with van der Waals surface area (Å²) in [7, 11) is -1.74. The summed E-state index contributed by atoms with van der Waals surface area (Å²) >= 11 is 0. The number of rotatable bonds is 7. The van der Waals surface area contributed by atoms with Crippen molar-refractivity contribution in [2.45, 2.75) is 19.3 Å². The monoisotopic (exact) mass is 448 g/mol. The van der Waals surface area contributed by atoms with Gasteiger partial charge in [0.05, 0.1) is 6.26 Å². The normalized spacial score (nSPS) is 20.2. The van der Waals surface area contributed by atoms with E-state index in [1.54, 1.807) is 25.1 Å². The Hall–Kier alpha value is -2.29. The molecule has 0 aliphatic carbocycles. The fourth-order valence-corrected chi connectivity index (χ4v) is 4.62. The first-order chi connectivity index (χ1) is 14.6. The minimum Gasteiger partial charge on any atom is -0.508 e. The first kappa shape index (κ1) is 23.4. The largest absolute Gasteiger partial charge is 0.508 e. The van der Waals surface area contributed by atoms with Gasteiger partial charge in [0.25, 0.3) is 0 Å². The second kappa shape index (κ2) is 9.46. The Bertz CT molecular complexity index is 1060. The third-order valence-electron chi connectivity index (χ3n) is 6.17. The molecule has 1 saturated heterocycles. The first-order valence-electron chi connectivity index (χ1n) is 10.3. The molecule has 0 bridgehead atoms. The average Bonchev–Trinajstić information content (AvgIpc) is 2.72. The van der Waals surface area contributed by atoms with E-state index in [2.05, 4.69) is 4.90 Å². The lowest BCUT2D eigenvalue weighted by Crippen LogP contribution is -2.46. The summed E-state index contributed by atoms with van der Waals surface area (Å²) in [4.78, 5) is 15.5. The number of likely N-dealkylation sites (tertiary alicyclic amines) is 1. The highest BCUT2D eigenvalue weighted by Gasteiger charge is 2.36. The molecule has 0 spiro atoms. The van der Waals surface area contributed by atoms with Gasteiger partial charge in [-0.1, -0.05) is 24.3 Å². The van der Waals surface area contributed by atoms with Crippen molar-refractivity contribution in [2.24, 2.45) is 5.92 Å². The van der Waals surface area contributed by atoms with Crippen LogP contribution < -0.4 is 0 Å². The third kappa shape index (κ3) is 5.50. The molecule has 1 aliphatic heterocycles. The SMILES string of the molecule is Cc1c(F)cccc1[C@@H]1CCN(CCN(C)S(C)(=O)=O)C[C@@H]1C(=O)c1cccc(O)c1. The number of phenols is 1. The van der Waals surface area contributed by atoms with Gasteiger partial charge in [-0.05, 0) is 55.1 Å². The fourth-order valence-electron chi connectivity index (χ4n) is 4.21. The molecule has 0 radical (unpaired) electrons. The standard InChI is InChI=1S/C23H29FN2O4S/c1-16-19(8-5-9-22(16)24)20-10-11-26(13-12-25(2)31(3,29)30)15-21(20)23(28)17-6-4-7-18(27)14-17/h4-9,14,20-21,27H,10-13,15H2,1-3H3/t20-,21-/m0/s1. The molecule has 2 aromatic rings. The number of nitrogens with zero attached hydrogens (tertiary/aromatic N) is 2. The molecular formula is C23H29FN2O4S. The van der Waals surface area contributed by atoms with Crippen molar-refractivity contribution >= 4 is 15.8 Å². The lowest BCUT2D eigenvalue weighted by molar-refractivity contribution is 0.0774. The summed E-state index contributed by atoms with van der Waals surface area (Å²) in [6, 6.07) is 11.2. The number of ketones is 1. The number of phenolic OH excluding ortho intramolecular Hbond substituents is 1. The Morgan fingerprint density at radius 2 is 1.97 bits per heavy atom. The van der Waals surface area contributed by atoms with Crippen LogP contribution in [0.5, 0.6) is 5.75 Å². The van der Waals surface area contributed by atoms with Gasteiger partial charge < -0.3 is 10.0 Å². The summed E-state index contributed by atoms with van der Waals surface area (Å²) in [5.74, 6) is -0.968. The molecule has 1 aliphatic rings. The second-order valence-electron chi connectivity index (χ2n) is 8.26. The fraction of sp³-hybridized carbons (Fsp3) is 0.435. The van der Waals surface area contributed by atoms with Crippen LogP contribution in [0.3, 0.4) is 0 Å². The molecule has 2 atom stereocenters. The first-order valence-corrected chi connectivity index (χ1v) is 12.1. The number of aromatic hydroxyl groups is 1. The number of carbonyl (C=O) groups is 1. The molecule has 1 heterocycles. The summed E-state index contributed by atoms with van der Waals surface area (Å²) in [5.41, 5.74) is 1.79. The minimum atomic E-state index is -3.28. The average molecular weight is 449 g/mol. The van der Waals surface area contributed by atoms with E-state index in [-0.39, 0.29) is 23.3 Å². The zero-order valence-electron chi connectivity index (χ0n) is 18.1. The Morgan fingerprint density at radius 3 is 2.65 bits per heavy atom. The zero-order valence-corrected chi connectivity index (χ0v) is 18.9. The van der Waals surface area contributed by atoms with Gasteiger partial charge in [-0.25, -0.2) is 17.1 Å². The van der Waals surface area contributed by atoms with E-state index in [1.807, 2.05) is 6.07 Å². The van der Waals surface area contributed by atoms with E-state index in [9.17, 15) is 22.7 Å². The molecule has 1 fully saturated rings. The van der Waals surface area contributed by atoms with Gasteiger partial charge in [0, 0.05) is 38.2 Å². The molecule has 8 heteroatoms. The van der Waals surface area contributed by atoms with Gasteiger partial charge in [0.15, 0.2) is 5.78 Å². The van der Waals surface area contributed by atoms with Crippen LogP contribution in [-0.4, -0.2) is 68.0 Å². The number of Topliss-reactive ketones (excluding diaryl/α,β-unsaturated/α-hetero) is 1. The molecular weight excluding hydrogens is 419 g/mol. The van der Waals surface area contributed by atoms with E-state index >= 15 is 0 Å². The zero-order chi connectivity index (χ0) is 22.8. The van der Waals surface area contributed by atoms with E-state index in [1.165, 1.54) is 35.8 Å². The van der Waals surface area contributed by atoms with Crippen molar-refractivity contribution in [1.82, 2.24) is 9.21 Å². The van der Waals surface area contributed by atoms with Crippen molar-refractivity contribution < 1.29 is 22.7 Å². The van der Waals surface area contributed by atoms with E-state index in [4.69, 9.17) is 0 Å². The molecule has 0 unspecified atom stereocenters. The number of sulfonamides is 1. The van der Waals surface area contributed by atoms with E-state index < -0.39 is 15.9 Å². The molecule has 31 heavy (non-hydrogen) atoms. The van der Waals surface area contributed by atoms with Crippen molar-refractivity contribution in [2.75, 3.05) is 39.5 Å². The van der Waals surface area contributed by atoms with Crippen LogP contribution in [-0.2, 0) is 10.0 Å². The lowest BCUT2D eigenvalue weighted by Gasteiger charge is -2.39.